The first-order chi connectivity index (χ1) is 8.22. The molecule has 1 heterocycles. The van der Waals surface area contributed by atoms with Crippen molar-refractivity contribution in [3.05, 3.63) is 41.8 Å². The predicted molar refractivity (Wildman–Crippen MR) is 66.0 cm³/mol. The molecule has 5 heteroatoms. The van der Waals surface area contributed by atoms with Crippen LogP contribution in [-0.4, -0.2) is 30.8 Å². The topological polar surface area (TPSA) is 68.2 Å². The molecule has 0 fully saturated rings. The lowest BCUT2D eigenvalue weighted by Gasteiger charge is -2.09. The zero-order valence-electron chi connectivity index (χ0n) is 10.00. The minimum Gasteiger partial charge on any atom is -0.344 e. The van der Waals surface area contributed by atoms with Crippen molar-refractivity contribution in [1.29, 1.82) is 0 Å². The molecule has 1 atom stereocenters. The van der Waals surface area contributed by atoms with E-state index in [4.69, 9.17) is 10.3 Å². The summed E-state index contributed by atoms with van der Waals surface area (Å²) in [7, 11) is 3.74. The first kappa shape index (κ1) is 11.6. The molecule has 1 unspecified atom stereocenters. The molecule has 0 radical (unpaired) electrons. The third-order valence-corrected chi connectivity index (χ3v) is 2.57. The molecule has 0 saturated heterocycles. The number of aromatic nitrogens is 2. The van der Waals surface area contributed by atoms with Crippen LogP contribution < -0.4 is 10.6 Å². The second-order valence-electron chi connectivity index (χ2n) is 4.03. The molecule has 2 rings (SSSR count). The summed E-state index contributed by atoms with van der Waals surface area (Å²) in [5, 5.41) is 3.89. The molecule has 1 aromatic carbocycles. The van der Waals surface area contributed by atoms with Gasteiger partial charge in [-0.05, 0) is 10.7 Å². The third kappa shape index (κ3) is 2.45. The maximum atomic E-state index is 5.78. The van der Waals surface area contributed by atoms with Gasteiger partial charge in [0.1, 0.15) is 0 Å². The van der Waals surface area contributed by atoms with Gasteiger partial charge in [-0.15, -0.1) is 0 Å². The Labute approximate surface area is 100 Å². The summed E-state index contributed by atoms with van der Waals surface area (Å²) in [6.45, 7) is 0.444. The Morgan fingerprint density at radius 2 is 2.00 bits per heavy atom. The maximum Gasteiger partial charge on any atom is 0.265 e. The normalized spacial score (nSPS) is 12.4. The van der Waals surface area contributed by atoms with Crippen LogP contribution >= 0.6 is 0 Å². The number of rotatable bonds is 4. The van der Waals surface area contributed by atoms with Crippen LogP contribution in [0.25, 0.3) is 0 Å². The Hall–Kier alpha value is -1.88. The highest BCUT2D eigenvalue weighted by Crippen LogP contribution is 2.23. The number of hydrogen-bond acceptors (Lipinski definition) is 5. The fourth-order valence-electron chi connectivity index (χ4n) is 1.61. The SMILES string of the molecule is CN(C)c1noc(C(CN)c2ccccc2)n1. The van der Waals surface area contributed by atoms with Crippen LogP contribution in [0.2, 0.25) is 0 Å². The average Bonchev–Trinajstić information content (AvgIpc) is 2.81. The molecule has 2 aromatic rings. The minimum absolute atomic E-state index is 0.0441. The molecule has 90 valence electrons. The van der Waals surface area contributed by atoms with Gasteiger partial charge in [0.05, 0.1) is 5.92 Å². The lowest BCUT2D eigenvalue weighted by Crippen LogP contribution is -2.15. The zero-order chi connectivity index (χ0) is 12.3. The van der Waals surface area contributed by atoms with Crippen molar-refractivity contribution in [2.75, 3.05) is 25.5 Å². The Balaban J connectivity index is 2.29. The van der Waals surface area contributed by atoms with Crippen LogP contribution in [-0.2, 0) is 0 Å². The molecular weight excluding hydrogens is 216 g/mol. The smallest absolute Gasteiger partial charge is 0.265 e. The van der Waals surface area contributed by atoms with E-state index in [9.17, 15) is 0 Å². The summed E-state index contributed by atoms with van der Waals surface area (Å²) < 4.78 is 5.25. The van der Waals surface area contributed by atoms with Crippen molar-refractivity contribution >= 4 is 5.95 Å². The largest absolute Gasteiger partial charge is 0.344 e. The van der Waals surface area contributed by atoms with Crippen LogP contribution in [0.5, 0.6) is 0 Å². The molecule has 0 spiro atoms. The molecule has 17 heavy (non-hydrogen) atoms. The van der Waals surface area contributed by atoms with Gasteiger partial charge in [0, 0.05) is 20.6 Å². The number of anilines is 1. The molecule has 0 aliphatic heterocycles. The lowest BCUT2D eigenvalue weighted by molar-refractivity contribution is 0.366. The van der Waals surface area contributed by atoms with Crippen molar-refractivity contribution in [1.82, 2.24) is 10.1 Å². The van der Waals surface area contributed by atoms with E-state index < -0.39 is 0 Å². The second-order valence-corrected chi connectivity index (χ2v) is 4.03. The van der Waals surface area contributed by atoms with E-state index in [1.165, 1.54) is 0 Å². The lowest BCUT2D eigenvalue weighted by atomic mass is 9.99. The van der Waals surface area contributed by atoms with E-state index in [1.54, 1.807) is 4.90 Å². The summed E-state index contributed by atoms with van der Waals surface area (Å²) in [5.74, 6) is 1.08. The predicted octanol–water partition coefficient (Wildman–Crippen LogP) is 1.23. The van der Waals surface area contributed by atoms with Gasteiger partial charge < -0.3 is 15.2 Å². The summed E-state index contributed by atoms with van der Waals surface area (Å²) in [4.78, 5) is 6.12. The Bertz CT molecular complexity index is 466. The molecule has 0 amide bonds. The fraction of sp³-hybridized carbons (Fsp3) is 0.333. The summed E-state index contributed by atoms with van der Waals surface area (Å²) in [5.41, 5.74) is 6.87. The second kappa shape index (κ2) is 4.97. The van der Waals surface area contributed by atoms with Gasteiger partial charge in [-0.2, -0.15) is 4.98 Å². The highest BCUT2D eigenvalue weighted by atomic mass is 16.5. The van der Waals surface area contributed by atoms with E-state index in [1.807, 2.05) is 44.4 Å². The quantitative estimate of drug-likeness (QED) is 0.858. The first-order valence-electron chi connectivity index (χ1n) is 5.48. The van der Waals surface area contributed by atoms with Gasteiger partial charge in [-0.25, -0.2) is 0 Å². The first-order valence-corrected chi connectivity index (χ1v) is 5.48. The Morgan fingerprint density at radius 3 is 2.53 bits per heavy atom. The molecule has 0 bridgehead atoms. The van der Waals surface area contributed by atoms with E-state index in [0.29, 0.717) is 18.4 Å². The van der Waals surface area contributed by atoms with Gasteiger partial charge in [-0.1, -0.05) is 30.3 Å². The summed E-state index contributed by atoms with van der Waals surface area (Å²) in [6.07, 6.45) is 0. The molecule has 1 aromatic heterocycles. The van der Waals surface area contributed by atoms with Gasteiger partial charge in [-0.3, -0.25) is 0 Å². The van der Waals surface area contributed by atoms with E-state index in [-0.39, 0.29) is 5.92 Å². The molecule has 0 saturated carbocycles. The van der Waals surface area contributed by atoms with E-state index >= 15 is 0 Å². The zero-order valence-corrected chi connectivity index (χ0v) is 10.00. The summed E-state index contributed by atoms with van der Waals surface area (Å²) in [6, 6.07) is 9.94. The fourth-order valence-corrected chi connectivity index (χ4v) is 1.61. The molecule has 0 aliphatic rings. The standard InChI is InChI=1S/C12H16N4O/c1-16(2)12-14-11(17-15-12)10(8-13)9-6-4-3-5-7-9/h3-7,10H,8,13H2,1-2H3. The van der Waals surface area contributed by atoms with Gasteiger partial charge in [0.25, 0.3) is 5.95 Å². The number of benzene rings is 1. The monoisotopic (exact) mass is 232 g/mol. The number of nitrogens with zero attached hydrogens (tertiary/aromatic N) is 3. The third-order valence-electron chi connectivity index (χ3n) is 2.57. The minimum atomic E-state index is -0.0441. The number of nitrogens with two attached hydrogens (primary N) is 1. The molecule has 5 nitrogen and oxygen atoms in total. The highest BCUT2D eigenvalue weighted by Gasteiger charge is 2.19. The molecule has 2 N–H and O–H groups in total. The maximum absolute atomic E-state index is 5.78. The number of hydrogen-bond donors (Lipinski definition) is 1. The molecular formula is C12H16N4O. The van der Waals surface area contributed by atoms with Gasteiger partial charge in [0.2, 0.25) is 5.89 Å². The van der Waals surface area contributed by atoms with Gasteiger partial charge in [0.15, 0.2) is 0 Å². The van der Waals surface area contributed by atoms with E-state index in [0.717, 1.165) is 5.56 Å². The van der Waals surface area contributed by atoms with Crippen LogP contribution in [0.15, 0.2) is 34.9 Å². The van der Waals surface area contributed by atoms with Gasteiger partial charge >= 0.3 is 0 Å². The Morgan fingerprint density at radius 1 is 1.29 bits per heavy atom. The van der Waals surface area contributed by atoms with Crippen LogP contribution in [0.3, 0.4) is 0 Å². The van der Waals surface area contributed by atoms with Crippen LogP contribution in [0.1, 0.15) is 17.4 Å². The average molecular weight is 232 g/mol. The van der Waals surface area contributed by atoms with Crippen molar-refractivity contribution in [2.45, 2.75) is 5.92 Å². The Kier molecular flexibility index (Phi) is 3.39. The van der Waals surface area contributed by atoms with Crippen molar-refractivity contribution < 1.29 is 4.52 Å². The summed E-state index contributed by atoms with van der Waals surface area (Å²) >= 11 is 0. The van der Waals surface area contributed by atoms with Crippen LogP contribution in [0.4, 0.5) is 5.95 Å². The van der Waals surface area contributed by atoms with Crippen molar-refractivity contribution in [3.8, 4) is 0 Å². The molecule has 0 aliphatic carbocycles. The highest BCUT2D eigenvalue weighted by molar-refractivity contribution is 5.29. The van der Waals surface area contributed by atoms with E-state index in [2.05, 4.69) is 10.1 Å². The van der Waals surface area contributed by atoms with Crippen molar-refractivity contribution in [3.63, 3.8) is 0 Å². The van der Waals surface area contributed by atoms with Crippen molar-refractivity contribution in [2.24, 2.45) is 5.73 Å². The van der Waals surface area contributed by atoms with Crippen LogP contribution in [0, 0.1) is 0 Å².